The lowest BCUT2D eigenvalue weighted by molar-refractivity contribution is 0.0223. The van der Waals surface area contributed by atoms with E-state index in [0.29, 0.717) is 18.8 Å². The number of carbonyl (C=O) groups excluding carboxylic acids is 1. The third-order valence-electron chi connectivity index (χ3n) is 4.11. The molecule has 1 amide bonds. The molecule has 2 heterocycles. The van der Waals surface area contributed by atoms with Gasteiger partial charge in [0.1, 0.15) is 5.60 Å². The zero-order chi connectivity index (χ0) is 17.5. The maximum Gasteiger partial charge on any atom is 0.410 e. The first-order chi connectivity index (χ1) is 11.3. The number of para-hydroxylation sites is 1. The fraction of sp³-hybridized carbons (Fsp3) is 0.444. The van der Waals surface area contributed by atoms with Crippen molar-refractivity contribution in [3.8, 4) is 11.3 Å². The maximum atomic E-state index is 12.4. The van der Waals surface area contributed by atoms with E-state index in [2.05, 4.69) is 5.10 Å². The topological polar surface area (TPSA) is 73.4 Å². The minimum absolute atomic E-state index is 0.288. The molecule has 24 heavy (non-hydrogen) atoms. The van der Waals surface area contributed by atoms with Gasteiger partial charge in [-0.3, -0.25) is 4.68 Å². The zero-order valence-electron chi connectivity index (χ0n) is 14.7. The first-order valence-electron chi connectivity index (χ1n) is 8.14. The van der Waals surface area contributed by atoms with Crippen LogP contribution in [0.4, 0.5) is 10.5 Å². The molecule has 0 saturated carbocycles. The molecule has 2 N–H and O–H groups in total. The van der Waals surface area contributed by atoms with Crippen molar-refractivity contribution in [1.29, 1.82) is 0 Å². The fourth-order valence-electron chi connectivity index (χ4n) is 3.00. The Morgan fingerprint density at radius 1 is 1.29 bits per heavy atom. The van der Waals surface area contributed by atoms with Gasteiger partial charge in [-0.05, 0) is 26.8 Å². The number of amides is 1. The Balaban J connectivity index is 1.94. The molecule has 6 nitrogen and oxygen atoms in total. The Kier molecular flexibility index (Phi) is 3.99. The lowest BCUT2D eigenvalue weighted by atomic mass is 10.00. The Bertz CT molecular complexity index is 774. The van der Waals surface area contributed by atoms with Crippen LogP contribution in [0, 0.1) is 0 Å². The predicted molar refractivity (Wildman–Crippen MR) is 93.4 cm³/mol. The maximum absolute atomic E-state index is 12.4. The number of benzene rings is 1. The summed E-state index contributed by atoms with van der Waals surface area (Å²) in [6.07, 6.45) is 0.467. The molecule has 128 valence electrons. The number of carbonyl (C=O) groups is 1. The molecule has 0 bridgehead atoms. The quantitative estimate of drug-likeness (QED) is 0.817. The first kappa shape index (κ1) is 16.4. The molecule has 0 saturated heterocycles. The number of rotatable bonds is 1. The highest BCUT2D eigenvalue weighted by molar-refractivity contribution is 5.77. The van der Waals surface area contributed by atoms with Gasteiger partial charge in [-0.2, -0.15) is 5.10 Å². The van der Waals surface area contributed by atoms with Gasteiger partial charge in [-0.1, -0.05) is 18.2 Å². The Morgan fingerprint density at radius 3 is 2.67 bits per heavy atom. The summed E-state index contributed by atoms with van der Waals surface area (Å²) in [5, 5.41) is 4.65. The van der Waals surface area contributed by atoms with Crippen LogP contribution in [0.5, 0.6) is 0 Å². The number of anilines is 1. The van der Waals surface area contributed by atoms with E-state index in [-0.39, 0.29) is 6.09 Å². The number of nitrogens with zero attached hydrogens (tertiary/aromatic N) is 3. The summed E-state index contributed by atoms with van der Waals surface area (Å²) in [5.74, 6) is 0. The van der Waals surface area contributed by atoms with Crippen molar-refractivity contribution in [3.63, 3.8) is 0 Å². The molecule has 2 aromatic rings. The third-order valence-corrected chi connectivity index (χ3v) is 4.11. The van der Waals surface area contributed by atoms with Crippen LogP contribution in [-0.4, -0.2) is 32.9 Å². The standard InChI is InChI=1S/C18H24N4O2/c1-18(2,3)24-17(23)22-10-9-15-13(11-22)16(20-21(15)4)12-7-5-6-8-14(12)19/h5-8H,9-11,19H2,1-4H3. The Labute approximate surface area is 142 Å². The molecule has 6 heteroatoms. The lowest BCUT2D eigenvalue weighted by Crippen LogP contribution is -2.40. The molecular weight excluding hydrogens is 304 g/mol. The van der Waals surface area contributed by atoms with Gasteiger partial charge in [0.05, 0.1) is 12.2 Å². The number of fused-ring (bicyclic) bond motifs is 1. The van der Waals surface area contributed by atoms with Crippen molar-refractivity contribution < 1.29 is 9.53 Å². The van der Waals surface area contributed by atoms with Gasteiger partial charge in [0, 0.05) is 42.5 Å². The number of hydrogen-bond donors (Lipinski definition) is 1. The van der Waals surface area contributed by atoms with E-state index in [4.69, 9.17) is 10.5 Å². The molecule has 0 fully saturated rings. The molecule has 1 aromatic heterocycles. The molecule has 1 aliphatic heterocycles. The van der Waals surface area contributed by atoms with Crippen LogP contribution in [-0.2, 0) is 24.8 Å². The summed E-state index contributed by atoms with van der Waals surface area (Å²) in [5.41, 5.74) is 10.2. The Morgan fingerprint density at radius 2 is 2.00 bits per heavy atom. The molecule has 0 radical (unpaired) electrons. The number of nitrogen functional groups attached to an aromatic ring is 1. The van der Waals surface area contributed by atoms with Gasteiger partial charge in [0.2, 0.25) is 0 Å². The van der Waals surface area contributed by atoms with Gasteiger partial charge in [-0.15, -0.1) is 0 Å². The molecule has 0 atom stereocenters. The summed E-state index contributed by atoms with van der Waals surface area (Å²) >= 11 is 0. The van der Waals surface area contributed by atoms with Crippen LogP contribution in [0.3, 0.4) is 0 Å². The third kappa shape index (κ3) is 3.09. The predicted octanol–water partition coefficient (Wildman–Crippen LogP) is 2.96. The molecule has 0 spiro atoms. The van der Waals surface area contributed by atoms with Crippen LogP contribution in [0.15, 0.2) is 24.3 Å². The average Bonchev–Trinajstić information content (AvgIpc) is 2.82. The second-order valence-corrected chi connectivity index (χ2v) is 7.14. The van der Waals surface area contributed by atoms with Crippen LogP contribution < -0.4 is 5.73 Å². The SMILES string of the molecule is Cn1nc(-c2ccccc2N)c2c1CCN(C(=O)OC(C)(C)C)C2. The van der Waals surface area contributed by atoms with Gasteiger partial charge in [-0.25, -0.2) is 4.79 Å². The van der Waals surface area contributed by atoms with Crippen LogP contribution in [0.1, 0.15) is 32.0 Å². The first-order valence-corrected chi connectivity index (χ1v) is 8.14. The smallest absolute Gasteiger partial charge is 0.410 e. The summed E-state index contributed by atoms with van der Waals surface area (Å²) in [4.78, 5) is 14.1. The number of nitrogens with two attached hydrogens (primary N) is 1. The number of aromatic nitrogens is 2. The van der Waals surface area contributed by atoms with Gasteiger partial charge in [0.25, 0.3) is 0 Å². The Hall–Kier alpha value is -2.50. The van der Waals surface area contributed by atoms with E-state index in [1.165, 1.54) is 0 Å². The van der Waals surface area contributed by atoms with E-state index >= 15 is 0 Å². The fourth-order valence-corrected chi connectivity index (χ4v) is 3.00. The van der Waals surface area contributed by atoms with Crippen LogP contribution in [0.25, 0.3) is 11.3 Å². The van der Waals surface area contributed by atoms with Gasteiger partial charge in [0.15, 0.2) is 0 Å². The van der Waals surface area contributed by atoms with Gasteiger partial charge < -0.3 is 15.4 Å². The zero-order valence-corrected chi connectivity index (χ0v) is 14.7. The van der Waals surface area contributed by atoms with Crippen molar-refractivity contribution >= 4 is 11.8 Å². The van der Waals surface area contributed by atoms with Crippen molar-refractivity contribution in [1.82, 2.24) is 14.7 Å². The summed E-state index contributed by atoms with van der Waals surface area (Å²) in [7, 11) is 1.94. The summed E-state index contributed by atoms with van der Waals surface area (Å²) in [6.45, 7) is 6.74. The number of ether oxygens (including phenoxy) is 1. The van der Waals surface area contributed by atoms with E-state index in [1.54, 1.807) is 4.90 Å². The molecule has 1 aromatic carbocycles. The van der Waals surface area contributed by atoms with E-state index in [0.717, 1.165) is 28.9 Å². The molecule has 0 aliphatic carbocycles. The van der Waals surface area contributed by atoms with Crippen molar-refractivity contribution in [3.05, 3.63) is 35.5 Å². The second-order valence-electron chi connectivity index (χ2n) is 7.14. The molecule has 1 aliphatic rings. The van der Waals surface area contributed by atoms with Crippen molar-refractivity contribution in [2.45, 2.75) is 39.3 Å². The highest BCUT2D eigenvalue weighted by atomic mass is 16.6. The minimum atomic E-state index is -0.501. The lowest BCUT2D eigenvalue weighted by Gasteiger charge is -2.30. The molecule has 0 unspecified atom stereocenters. The number of aryl methyl sites for hydroxylation is 1. The minimum Gasteiger partial charge on any atom is -0.444 e. The van der Waals surface area contributed by atoms with Crippen molar-refractivity contribution in [2.24, 2.45) is 7.05 Å². The second kappa shape index (κ2) is 5.85. The monoisotopic (exact) mass is 328 g/mol. The number of hydrogen-bond acceptors (Lipinski definition) is 4. The van der Waals surface area contributed by atoms with E-state index in [9.17, 15) is 4.79 Å². The van der Waals surface area contributed by atoms with Crippen LogP contribution >= 0.6 is 0 Å². The molecule has 3 rings (SSSR count). The summed E-state index contributed by atoms with van der Waals surface area (Å²) < 4.78 is 7.40. The average molecular weight is 328 g/mol. The highest BCUT2D eigenvalue weighted by Gasteiger charge is 2.30. The highest BCUT2D eigenvalue weighted by Crippen LogP contribution is 2.33. The van der Waals surface area contributed by atoms with E-state index in [1.807, 2.05) is 56.8 Å². The van der Waals surface area contributed by atoms with Gasteiger partial charge >= 0.3 is 6.09 Å². The van der Waals surface area contributed by atoms with Crippen LogP contribution in [0.2, 0.25) is 0 Å². The normalized spacial score (nSPS) is 14.4. The summed E-state index contributed by atoms with van der Waals surface area (Å²) in [6, 6.07) is 7.68. The molecular formula is C18H24N4O2. The van der Waals surface area contributed by atoms with Crippen molar-refractivity contribution in [2.75, 3.05) is 12.3 Å². The van der Waals surface area contributed by atoms with E-state index < -0.39 is 5.60 Å². The largest absolute Gasteiger partial charge is 0.444 e.